The predicted molar refractivity (Wildman–Crippen MR) is 112 cm³/mol. The van der Waals surface area contributed by atoms with E-state index >= 15 is 0 Å². The first-order valence-electron chi connectivity index (χ1n) is 9.24. The number of hydrogen-bond donors (Lipinski definition) is 1. The first-order valence-corrected chi connectivity index (χ1v) is 9.24. The van der Waals surface area contributed by atoms with E-state index in [2.05, 4.69) is 5.32 Å². The SMILES string of the molecule is Cc1ccc(C)c(NC2=C(c3ccccc3)C(=O)N(c3ccc(F)cc3)C2=O)c1. The van der Waals surface area contributed by atoms with Crippen LogP contribution in [0.1, 0.15) is 16.7 Å². The van der Waals surface area contributed by atoms with Crippen molar-refractivity contribution < 1.29 is 14.0 Å². The molecule has 3 aromatic rings. The number of carbonyl (C=O) groups excluding carboxylic acids is 2. The van der Waals surface area contributed by atoms with Crippen LogP contribution in [-0.4, -0.2) is 11.8 Å². The summed E-state index contributed by atoms with van der Waals surface area (Å²) in [5, 5.41) is 3.18. The van der Waals surface area contributed by atoms with E-state index in [1.165, 1.54) is 24.3 Å². The Balaban J connectivity index is 1.83. The maximum absolute atomic E-state index is 13.3. The van der Waals surface area contributed by atoms with Gasteiger partial charge in [0, 0.05) is 5.69 Å². The average Bonchev–Trinajstić information content (AvgIpc) is 2.96. The molecule has 1 N–H and O–H groups in total. The molecule has 1 heterocycles. The number of rotatable bonds is 4. The molecule has 0 radical (unpaired) electrons. The van der Waals surface area contributed by atoms with E-state index in [4.69, 9.17) is 0 Å². The Hall–Kier alpha value is -3.73. The van der Waals surface area contributed by atoms with Crippen LogP contribution in [0.2, 0.25) is 0 Å². The third-order valence-corrected chi connectivity index (χ3v) is 4.88. The molecule has 0 aromatic heterocycles. The Morgan fingerprint density at radius 3 is 2.21 bits per heavy atom. The molecule has 3 aromatic carbocycles. The normalized spacial score (nSPS) is 14.0. The Labute approximate surface area is 168 Å². The highest BCUT2D eigenvalue weighted by Gasteiger charge is 2.40. The molecule has 5 heteroatoms. The van der Waals surface area contributed by atoms with Gasteiger partial charge in [-0.2, -0.15) is 0 Å². The highest BCUT2D eigenvalue weighted by atomic mass is 19.1. The van der Waals surface area contributed by atoms with E-state index < -0.39 is 17.6 Å². The van der Waals surface area contributed by atoms with Gasteiger partial charge in [0.05, 0.1) is 11.3 Å². The average molecular weight is 386 g/mol. The summed E-state index contributed by atoms with van der Waals surface area (Å²) in [6.45, 7) is 3.90. The van der Waals surface area contributed by atoms with Crippen LogP contribution in [0, 0.1) is 19.7 Å². The molecule has 0 spiro atoms. The van der Waals surface area contributed by atoms with Crippen molar-refractivity contribution in [2.75, 3.05) is 10.2 Å². The number of aryl methyl sites for hydroxylation is 2. The van der Waals surface area contributed by atoms with Crippen molar-refractivity contribution in [3.05, 3.63) is 101 Å². The van der Waals surface area contributed by atoms with Gasteiger partial charge in [-0.25, -0.2) is 9.29 Å². The number of imide groups is 1. The van der Waals surface area contributed by atoms with Gasteiger partial charge in [-0.05, 0) is 60.9 Å². The Kier molecular flexibility index (Phi) is 4.72. The standard InChI is InChI=1S/C24H19FN2O2/c1-15-8-9-16(2)20(14-15)26-22-21(17-6-4-3-5-7-17)23(28)27(24(22)29)19-12-10-18(25)11-13-19/h3-14,26H,1-2H3. The molecule has 1 aliphatic heterocycles. The largest absolute Gasteiger partial charge is 0.350 e. The van der Waals surface area contributed by atoms with Crippen molar-refractivity contribution in [2.45, 2.75) is 13.8 Å². The first-order chi connectivity index (χ1) is 14.0. The van der Waals surface area contributed by atoms with E-state index in [0.717, 1.165) is 21.7 Å². The summed E-state index contributed by atoms with van der Waals surface area (Å²) in [7, 11) is 0. The van der Waals surface area contributed by atoms with Crippen LogP contribution >= 0.6 is 0 Å². The predicted octanol–water partition coefficient (Wildman–Crippen LogP) is 4.84. The lowest BCUT2D eigenvalue weighted by Crippen LogP contribution is -2.32. The second kappa shape index (κ2) is 7.36. The lowest BCUT2D eigenvalue weighted by molar-refractivity contribution is -0.120. The van der Waals surface area contributed by atoms with Gasteiger partial charge in [-0.1, -0.05) is 42.5 Å². The molecule has 1 aliphatic rings. The van der Waals surface area contributed by atoms with Gasteiger partial charge in [0.2, 0.25) is 0 Å². The molecule has 144 valence electrons. The van der Waals surface area contributed by atoms with E-state index in [1.54, 1.807) is 12.1 Å². The molecule has 0 bridgehead atoms. The fourth-order valence-electron chi connectivity index (χ4n) is 3.35. The summed E-state index contributed by atoms with van der Waals surface area (Å²) in [5.74, 6) is -1.35. The summed E-state index contributed by atoms with van der Waals surface area (Å²) in [5.41, 5.74) is 4.22. The lowest BCUT2D eigenvalue weighted by Gasteiger charge is -2.16. The lowest BCUT2D eigenvalue weighted by atomic mass is 10.0. The van der Waals surface area contributed by atoms with Gasteiger partial charge in [0.1, 0.15) is 11.5 Å². The molecule has 4 nitrogen and oxygen atoms in total. The Morgan fingerprint density at radius 2 is 1.52 bits per heavy atom. The van der Waals surface area contributed by atoms with E-state index in [0.29, 0.717) is 16.8 Å². The summed E-state index contributed by atoms with van der Waals surface area (Å²) in [6.07, 6.45) is 0. The summed E-state index contributed by atoms with van der Waals surface area (Å²) in [4.78, 5) is 27.6. The second-order valence-corrected chi connectivity index (χ2v) is 6.98. The van der Waals surface area contributed by atoms with Crippen LogP contribution in [0.25, 0.3) is 5.57 Å². The topological polar surface area (TPSA) is 49.4 Å². The third-order valence-electron chi connectivity index (χ3n) is 4.88. The van der Waals surface area contributed by atoms with Gasteiger partial charge in [0.15, 0.2) is 0 Å². The number of halogens is 1. The molecule has 0 unspecified atom stereocenters. The van der Waals surface area contributed by atoms with E-state index in [9.17, 15) is 14.0 Å². The molecule has 0 fully saturated rings. The number of carbonyl (C=O) groups is 2. The van der Waals surface area contributed by atoms with Crippen LogP contribution in [0.3, 0.4) is 0 Å². The van der Waals surface area contributed by atoms with Crippen molar-refractivity contribution in [3.63, 3.8) is 0 Å². The van der Waals surface area contributed by atoms with Crippen molar-refractivity contribution in [1.29, 1.82) is 0 Å². The number of hydrogen-bond acceptors (Lipinski definition) is 3. The Bertz CT molecular complexity index is 1140. The van der Waals surface area contributed by atoms with Crippen molar-refractivity contribution in [3.8, 4) is 0 Å². The highest BCUT2D eigenvalue weighted by Crippen LogP contribution is 2.34. The zero-order chi connectivity index (χ0) is 20.5. The molecule has 4 rings (SSSR count). The van der Waals surface area contributed by atoms with E-state index in [-0.39, 0.29) is 5.70 Å². The van der Waals surface area contributed by atoms with Gasteiger partial charge in [-0.15, -0.1) is 0 Å². The molecule has 0 saturated heterocycles. The number of nitrogens with one attached hydrogen (secondary N) is 1. The van der Waals surface area contributed by atoms with Crippen molar-refractivity contribution >= 4 is 28.8 Å². The molecule has 0 saturated carbocycles. The maximum atomic E-state index is 13.3. The Morgan fingerprint density at radius 1 is 0.828 bits per heavy atom. The van der Waals surface area contributed by atoms with Crippen LogP contribution in [0.4, 0.5) is 15.8 Å². The van der Waals surface area contributed by atoms with E-state index in [1.807, 2.05) is 50.2 Å². The number of anilines is 2. The van der Waals surface area contributed by atoms with Crippen LogP contribution in [-0.2, 0) is 9.59 Å². The molecule has 2 amide bonds. The fraction of sp³-hybridized carbons (Fsp3) is 0.0833. The van der Waals surface area contributed by atoms with Gasteiger partial charge in [0.25, 0.3) is 11.8 Å². The smallest absolute Gasteiger partial charge is 0.282 e. The summed E-state index contributed by atoms with van der Waals surface area (Å²) >= 11 is 0. The second-order valence-electron chi connectivity index (χ2n) is 6.98. The number of amides is 2. The van der Waals surface area contributed by atoms with Crippen LogP contribution in [0.15, 0.2) is 78.5 Å². The third kappa shape index (κ3) is 3.43. The van der Waals surface area contributed by atoms with Crippen molar-refractivity contribution in [1.82, 2.24) is 0 Å². The van der Waals surface area contributed by atoms with Gasteiger partial charge in [-0.3, -0.25) is 9.59 Å². The zero-order valence-corrected chi connectivity index (χ0v) is 16.1. The zero-order valence-electron chi connectivity index (χ0n) is 16.1. The molecule has 0 atom stereocenters. The first kappa shape index (κ1) is 18.6. The minimum Gasteiger partial charge on any atom is -0.350 e. The van der Waals surface area contributed by atoms with Gasteiger partial charge < -0.3 is 5.32 Å². The molecule has 0 aliphatic carbocycles. The quantitative estimate of drug-likeness (QED) is 0.653. The maximum Gasteiger partial charge on any atom is 0.282 e. The molecular formula is C24H19FN2O2. The number of benzene rings is 3. The summed E-state index contributed by atoms with van der Waals surface area (Å²) in [6, 6.07) is 20.2. The number of nitrogens with zero attached hydrogens (tertiary/aromatic N) is 1. The highest BCUT2D eigenvalue weighted by molar-refractivity contribution is 6.46. The fourth-order valence-corrected chi connectivity index (χ4v) is 3.35. The molecular weight excluding hydrogens is 367 g/mol. The van der Waals surface area contributed by atoms with Crippen molar-refractivity contribution in [2.24, 2.45) is 0 Å². The summed E-state index contributed by atoms with van der Waals surface area (Å²) < 4.78 is 13.3. The van der Waals surface area contributed by atoms with Crippen LogP contribution in [0.5, 0.6) is 0 Å². The minimum absolute atomic E-state index is 0.208. The van der Waals surface area contributed by atoms with Gasteiger partial charge >= 0.3 is 0 Å². The van der Waals surface area contributed by atoms with Crippen LogP contribution < -0.4 is 10.2 Å². The monoisotopic (exact) mass is 386 g/mol. The molecule has 29 heavy (non-hydrogen) atoms. The minimum atomic E-state index is -0.471.